The monoisotopic (exact) mass is 375 g/mol. The fourth-order valence-electron chi connectivity index (χ4n) is 2.89. The Morgan fingerprint density at radius 1 is 1.21 bits per heavy atom. The van der Waals surface area contributed by atoms with E-state index in [9.17, 15) is 9.59 Å². The van der Waals surface area contributed by atoms with E-state index in [1.807, 2.05) is 12.1 Å². The van der Waals surface area contributed by atoms with Crippen LogP contribution in [0.4, 0.5) is 5.69 Å². The minimum absolute atomic E-state index is 0.0347. The van der Waals surface area contributed by atoms with Crippen molar-refractivity contribution >= 4 is 22.5 Å². The van der Waals surface area contributed by atoms with Crippen molar-refractivity contribution in [3.63, 3.8) is 0 Å². The number of nitrogens with zero attached hydrogens (tertiary/aromatic N) is 3. The molecular formula is C20H17N5O3. The van der Waals surface area contributed by atoms with Crippen LogP contribution in [-0.4, -0.2) is 32.8 Å². The standard InChI is InChI=1S/C20H17N5O3/c1-28-15-6-7-18-16(8-15)19(26)17(9-22-18)20(27)24-14-4-2-13(3-5-14)10-25-12-21-11-23-25/h2-9,11-12H,10H2,1H3,(H,22,26)(H,24,27). The number of hydrogen-bond donors (Lipinski definition) is 2. The number of aromatic amines is 1. The van der Waals surface area contributed by atoms with Gasteiger partial charge in [-0.1, -0.05) is 12.1 Å². The minimum Gasteiger partial charge on any atom is -0.497 e. The fourth-order valence-corrected chi connectivity index (χ4v) is 2.89. The molecule has 140 valence electrons. The van der Waals surface area contributed by atoms with Gasteiger partial charge in [-0.25, -0.2) is 9.67 Å². The number of fused-ring (bicyclic) bond motifs is 1. The van der Waals surface area contributed by atoms with E-state index < -0.39 is 5.91 Å². The summed E-state index contributed by atoms with van der Waals surface area (Å²) >= 11 is 0. The molecule has 0 bridgehead atoms. The highest BCUT2D eigenvalue weighted by Crippen LogP contribution is 2.17. The molecule has 0 fully saturated rings. The van der Waals surface area contributed by atoms with Gasteiger partial charge in [0, 0.05) is 22.8 Å². The van der Waals surface area contributed by atoms with Crippen molar-refractivity contribution < 1.29 is 9.53 Å². The molecular weight excluding hydrogens is 358 g/mol. The summed E-state index contributed by atoms with van der Waals surface area (Å²) in [7, 11) is 1.53. The van der Waals surface area contributed by atoms with Crippen molar-refractivity contribution in [2.75, 3.05) is 12.4 Å². The fraction of sp³-hybridized carbons (Fsp3) is 0.100. The second kappa shape index (κ2) is 7.36. The number of pyridine rings is 1. The molecule has 2 heterocycles. The third-order valence-electron chi connectivity index (χ3n) is 4.36. The Morgan fingerprint density at radius 3 is 2.75 bits per heavy atom. The van der Waals surface area contributed by atoms with Crippen molar-refractivity contribution in [3.8, 4) is 5.75 Å². The molecule has 8 nitrogen and oxygen atoms in total. The predicted molar refractivity (Wildman–Crippen MR) is 105 cm³/mol. The van der Waals surface area contributed by atoms with Gasteiger partial charge in [-0.2, -0.15) is 5.10 Å². The number of rotatable bonds is 5. The zero-order valence-electron chi connectivity index (χ0n) is 15.0. The van der Waals surface area contributed by atoms with Gasteiger partial charge in [-0.15, -0.1) is 0 Å². The van der Waals surface area contributed by atoms with E-state index in [0.717, 1.165) is 5.56 Å². The molecule has 2 aromatic carbocycles. The molecule has 8 heteroatoms. The number of nitrogens with one attached hydrogen (secondary N) is 2. The number of anilines is 1. The highest BCUT2D eigenvalue weighted by molar-refractivity contribution is 6.05. The Balaban J connectivity index is 1.54. The minimum atomic E-state index is -0.477. The summed E-state index contributed by atoms with van der Waals surface area (Å²) in [5, 5.41) is 7.21. The molecule has 0 aliphatic heterocycles. The van der Waals surface area contributed by atoms with E-state index in [0.29, 0.717) is 28.9 Å². The van der Waals surface area contributed by atoms with E-state index in [-0.39, 0.29) is 11.0 Å². The van der Waals surface area contributed by atoms with Crippen LogP contribution in [-0.2, 0) is 6.54 Å². The smallest absolute Gasteiger partial charge is 0.261 e. The van der Waals surface area contributed by atoms with Gasteiger partial charge in [0.1, 0.15) is 24.0 Å². The van der Waals surface area contributed by atoms with E-state index in [4.69, 9.17) is 4.74 Å². The highest BCUT2D eigenvalue weighted by Gasteiger charge is 2.14. The maximum atomic E-state index is 12.7. The largest absolute Gasteiger partial charge is 0.497 e. The van der Waals surface area contributed by atoms with E-state index >= 15 is 0 Å². The molecule has 1 amide bonds. The quantitative estimate of drug-likeness (QED) is 0.558. The van der Waals surface area contributed by atoms with Crippen LogP contribution in [0.5, 0.6) is 5.75 Å². The topological polar surface area (TPSA) is 102 Å². The zero-order valence-corrected chi connectivity index (χ0v) is 15.0. The molecule has 2 N–H and O–H groups in total. The lowest BCUT2D eigenvalue weighted by atomic mass is 10.1. The average Bonchev–Trinajstić information content (AvgIpc) is 3.22. The molecule has 0 saturated heterocycles. The number of benzene rings is 2. The number of H-pyrrole nitrogens is 1. The summed E-state index contributed by atoms with van der Waals surface area (Å²) in [5.74, 6) is 0.0773. The lowest BCUT2D eigenvalue weighted by molar-refractivity contribution is 0.102. The van der Waals surface area contributed by atoms with Crippen molar-refractivity contribution in [1.82, 2.24) is 19.7 Å². The van der Waals surface area contributed by atoms with Crippen LogP contribution in [0.2, 0.25) is 0 Å². The molecule has 2 aromatic heterocycles. The van der Waals surface area contributed by atoms with Gasteiger partial charge in [0.15, 0.2) is 0 Å². The zero-order chi connectivity index (χ0) is 19.5. The van der Waals surface area contributed by atoms with Crippen molar-refractivity contribution in [2.24, 2.45) is 0 Å². The van der Waals surface area contributed by atoms with E-state index in [1.165, 1.54) is 19.6 Å². The van der Waals surface area contributed by atoms with E-state index in [2.05, 4.69) is 20.4 Å². The maximum Gasteiger partial charge on any atom is 0.261 e. The van der Waals surface area contributed by atoms with Crippen molar-refractivity contribution in [1.29, 1.82) is 0 Å². The third-order valence-corrected chi connectivity index (χ3v) is 4.36. The van der Waals surface area contributed by atoms with Crippen molar-refractivity contribution in [2.45, 2.75) is 6.54 Å². The Morgan fingerprint density at radius 2 is 2.04 bits per heavy atom. The van der Waals surface area contributed by atoms with Crippen LogP contribution in [0, 0.1) is 0 Å². The third kappa shape index (κ3) is 3.48. The van der Waals surface area contributed by atoms with Gasteiger partial charge in [0.25, 0.3) is 5.91 Å². The summed E-state index contributed by atoms with van der Waals surface area (Å²) in [5.41, 5.74) is 1.93. The van der Waals surface area contributed by atoms with Crippen LogP contribution >= 0.6 is 0 Å². The number of amides is 1. The molecule has 0 radical (unpaired) electrons. The molecule has 0 aliphatic carbocycles. The lowest BCUT2D eigenvalue weighted by Gasteiger charge is -2.08. The van der Waals surface area contributed by atoms with Gasteiger partial charge in [0.05, 0.1) is 13.7 Å². The van der Waals surface area contributed by atoms with Crippen LogP contribution < -0.4 is 15.5 Å². The SMILES string of the molecule is COc1ccc2[nH]cc(C(=O)Nc3ccc(Cn4cncn4)cc3)c(=O)c2c1. The Bertz CT molecular complexity index is 1180. The van der Waals surface area contributed by atoms with Crippen LogP contribution in [0.1, 0.15) is 15.9 Å². The van der Waals surface area contributed by atoms with Gasteiger partial charge in [-0.05, 0) is 35.9 Å². The summed E-state index contributed by atoms with van der Waals surface area (Å²) in [6.07, 6.45) is 4.54. The number of hydrogen-bond acceptors (Lipinski definition) is 5. The summed E-state index contributed by atoms with van der Waals surface area (Å²) < 4.78 is 6.86. The highest BCUT2D eigenvalue weighted by atomic mass is 16.5. The van der Waals surface area contributed by atoms with E-state index in [1.54, 1.807) is 41.3 Å². The predicted octanol–water partition coefficient (Wildman–Crippen LogP) is 2.43. The number of ether oxygens (including phenoxy) is 1. The normalized spacial score (nSPS) is 10.8. The first-order chi connectivity index (χ1) is 13.6. The summed E-state index contributed by atoms with van der Waals surface area (Å²) in [4.78, 5) is 32.2. The Kier molecular flexibility index (Phi) is 4.59. The second-order valence-corrected chi connectivity index (χ2v) is 6.19. The number of aromatic nitrogens is 4. The molecule has 4 rings (SSSR count). The number of carbonyl (C=O) groups is 1. The second-order valence-electron chi connectivity index (χ2n) is 6.19. The van der Waals surface area contributed by atoms with Gasteiger partial charge in [-0.3, -0.25) is 9.59 Å². The average molecular weight is 375 g/mol. The lowest BCUT2D eigenvalue weighted by Crippen LogP contribution is -2.22. The Labute approximate surface area is 159 Å². The first kappa shape index (κ1) is 17.5. The van der Waals surface area contributed by atoms with Crippen LogP contribution in [0.15, 0.2) is 66.1 Å². The van der Waals surface area contributed by atoms with Crippen LogP contribution in [0.3, 0.4) is 0 Å². The first-order valence-electron chi connectivity index (χ1n) is 8.56. The van der Waals surface area contributed by atoms with Gasteiger partial charge in [0.2, 0.25) is 5.43 Å². The Hall–Kier alpha value is -3.94. The molecule has 4 aromatic rings. The first-order valence-corrected chi connectivity index (χ1v) is 8.56. The van der Waals surface area contributed by atoms with Crippen LogP contribution in [0.25, 0.3) is 10.9 Å². The van der Waals surface area contributed by atoms with Crippen molar-refractivity contribution in [3.05, 3.63) is 82.7 Å². The molecule has 0 spiro atoms. The van der Waals surface area contributed by atoms with Gasteiger partial charge < -0.3 is 15.0 Å². The molecule has 28 heavy (non-hydrogen) atoms. The molecule has 0 saturated carbocycles. The molecule has 0 unspecified atom stereocenters. The maximum absolute atomic E-state index is 12.7. The molecule has 0 atom stereocenters. The number of methoxy groups -OCH3 is 1. The number of carbonyl (C=O) groups excluding carboxylic acids is 1. The summed E-state index contributed by atoms with van der Waals surface area (Å²) in [6, 6.07) is 12.4. The molecule has 0 aliphatic rings. The van der Waals surface area contributed by atoms with Gasteiger partial charge >= 0.3 is 0 Å². The summed E-state index contributed by atoms with van der Waals surface area (Å²) in [6.45, 7) is 0.584.